The molecule has 0 radical (unpaired) electrons. The van der Waals surface area contributed by atoms with E-state index < -0.39 is 0 Å². The van der Waals surface area contributed by atoms with Gasteiger partial charge < -0.3 is 4.74 Å². The summed E-state index contributed by atoms with van der Waals surface area (Å²) in [7, 11) is 1.42. The normalized spacial score (nSPS) is 12.3. The molecule has 0 aliphatic heterocycles. The molecule has 0 N–H and O–H groups in total. The molecule has 0 spiro atoms. The zero-order chi connectivity index (χ0) is 13.2. The van der Waals surface area contributed by atoms with Gasteiger partial charge >= 0.3 is 5.97 Å². The fraction of sp³-hybridized carbons (Fsp3) is 0.118. The van der Waals surface area contributed by atoms with Crippen LogP contribution in [0.2, 0.25) is 0 Å². The van der Waals surface area contributed by atoms with Crippen LogP contribution in [0.15, 0.2) is 42.5 Å². The third-order valence-corrected chi connectivity index (χ3v) is 3.48. The van der Waals surface area contributed by atoms with Crippen LogP contribution in [-0.2, 0) is 11.2 Å². The molecule has 2 aromatic rings. The predicted octanol–water partition coefficient (Wildman–Crippen LogP) is 3.55. The van der Waals surface area contributed by atoms with Crippen LogP contribution in [0, 0.1) is 0 Å². The van der Waals surface area contributed by atoms with E-state index in [0.29, 0.717) is 5.56 Å². The number of methoxy groups -OCH3 is 1. The number of carbonyl (C=O) groups is 1. The van der Waals surface area contributed by atoms with Crippen LogP contribution in [0.1, 0.15) is 32.6 Å². The number of hydrogen-bond acceptors (Lipinski definition) is 2. The van der Waals surface area contributed by atoms with Gasteiger partial charge in [0.1, 0.15) is 0 Å². The molecule has 19 heavy (non-hydrogen) atoms. The SMILES string of the molecule is COC(=O)c1cccc2c1Cc1ccccc1C=C2. The Kier molecular flexibility index (Phi) is 2.92. The van der Waals surface area contributed by atoms with Gasteiger partial charge in [0.05, 0.1) is 12.7 Å². The van der Waals surface area contributed by atoms with Gasteiger partial charge in [-0.1, -0.05) is 48.6 Å². The monoisotopic (exact) mass is 250 g/mol. The Morgan fingerprint density at radius 1 is 1.00 bits per heavy atom. The first kappa shape index (κ1) is 11.7. The lowest BCUT2D eigenvalue weighted by atomic mass is 9.95. The smallest absolute Gasteiger partial charge is 0.338 e. The number of carbonyl (C=O) groups excluding carboxylic acids is 1. The average Bonchev–Trinajstić information content (AvgIpc) is 2.65. The minimum absolute atomic E-state index is 0.273. The van der Waals surface area contributed by atoms with Gasteiger partial charge in [-0.05, 0) is 34.7 Å². The van der Waals surface area contributed by atoms with E-state index in [9.17, 15) is 4.79 Å². The molecular weight excluding hydrogens is 236 g/mol. The molecule has 0 saturated carbocycles. The van der Waals surface area contributed by atoms with Crippen molar-refractivity contribution >= 4 is 18.1 Å². The first-order valence-electron chi connectivity index (χ1n) is 6.26. The number of ether oxygens (including phenoxy) is 1. The maximum atomic E-state index is 11.9. The highest BCUT2D eigenvalue weighted by Crippen LogP contribution is 2.27. The molecule has 2 nitrogen and oxygen atoms in total. The molecule has 2 aromatic carbocycles. The van der Waals surface area contributed by atoms with E-state index in [-0.39, 0.29) is 5.97 Å². The van der Waals surface area contributed by atoms with Crippen molar-refractivity contribution in [3.8, 4) is 0 Å². The van der Waals surface area contributed by atoms with Crippen LogP contribution in [0.25, 0.3) is 12.2 Å². The van der Waals surface area contributed by atoms with Crippen LogP contribution < -0.4 is 0 Å². The van der Waals surface area contributed by atoms with E-state index >= 15 is 0 Å². The summed E-state index contributed by atoms with van der Waals surface area (Å²) in [5.74, 6) is -0.273. The Bertz CT molecular complexity index is 669. The highest BCUT2D eigenvalue weighted by molar-refractivity contribution is 5.93. The van der Waals surface area contributed by atoms with E-state index in [4.69, 9.17) is 4.74 Å². The second kappa shape index (κ2) is 4.73. The van der Waals surface area contributed by atoms with E-state index in [1.807, 2.05) is 30.3 Å². The van der Waals surface area contributed by atoms with E-state index in [1.165, 1.54) is 18.2 Å². The highest BCUT2D eigenvalue weighted by atomic mass is 16.5. The second-order valence-electron chi connectivity index (χ2n) is 4.57. The highest BCUT2D eigenvalue weighted by Gasteiger charge is 2.17. The van der Waals surface area contributed by atoms with Crippen LogP contribution in [0.5, 0.6) is 0 Å². The molecule has 1 aliphatic rings. The summed E-state index contributed by atoms with van der Waals surface area (Å²) in [5, 5.41) is 0. The summed E-state index contributed by atoms with van der Waals surface area (Å²) in [4.78, 5) is 11.9. The summed E-state index contributed by atoms with van der Waals surface area (Å²) < 4.78 is 4.87. The van der Waals surface area contributed by atoms with Gasteiger partial charge in [0.25, 0.3) is 0 Å². The van der Waals surface area contributed by atoms with Gasteiger partial charge in [0.15, 0.2) is 0 Å². The van der Waals surface area contributed by atoms with Gasteiger partial charge in [-0.15, -0.1) is 0 Å². The van der Waals surface area contributed by atoms with Crippen molar-refractivity contribution in [3.63, 3.8) is 0 Å². The Morgan fingerprint density at radius 3 is 2.58 bits per heavy atom. The maximum Gasteiger partial charge on any atom is 0.338 e. The lowest BCUT2D eigenvalue weighted by Gasteiger charge is -2.10. The third-order valence-electron chi connectivity index (χ3n) is 3.48. The fourth-order valence-electron chi connectivity index (χ4n) is 2.49. The molecule has 0 unspecified atom stereocenters. The molecule has 0 amide bonds. The molecule has 0 aromatic heterocycles. The zero-order valence-corrected chi connectivity index (χ0v) is 10.7. The predicted molar refractivity (Wildman–Crippen MR) is 76.0 cm³/mol. The summed E-state index contributed by atoms with van der Waals surface area (Å²) in [5.41, 5.74) is 5.21. The molecule has 2 heteroatoms. The van der Waals surface area contributed by atoms with Crippen molar-refractivity contribution in [2.24, 2.45) is 0 Å². The molecular formula is C17H14O2. The van der Waals surface area contributed by atoms with Crippen LogP contribution in [0.3, 0.4) is 0 Å². The summed E-state index contributed by atoms with van der Waals surface area (Å²) in [6, 6.07) is 14.0. The summed E-state index contributed by atoms with van der Waals surface area (Å²) in [6.45, 7) is 0. The molecule has 0 fully saturated rings. The average molecular weight is 250 g/mol. The molecule has 3 rings (SSSR count). The number of benzene rings is 2. The quantitative estimate of drug-likeness (QED) is 0.617. The van der Waals surface area contributed by atoms with Crippen molar-refractivity contribution in [1.82, 2.24) is 0 Å². The van der Waals surface area contributed by atoms with Crippen LogP contribution in [0.4, 0.5) is 0 Å². The fourth-order valence-corrected chi connectivity index (χ4v) is 2.49. The second-order valence-corrected chi connectivity index (χ2v) is 4.57. The van der Waals surface area contributed by atoms with Gasteiger partial charge in [0.2, 0.25) is 0 Å². The van der Waals surface area contributed by atoms with Gasteiger partial charge in [-0.3, -0.25) is 0 Å². The Labute approximate surface area is 112 Å². The Morgan fingerprint density at radius 2 is 1.74 bits per heavy atom. The first-order chi connectivity index (χ1) is 9.29. The number of rotatable bonds is 1. The van der Waals surface area contributed by atoms with Crippen molar-refractivity contribution in [3.05, 3.63) is 70.3 Å². The largest absolute Gasteiger partial charge is 0.465 e. The molecule has 1 aliphatic carbocycles. The molecule has 94 valence electrons. The summed E-state index contributed by atoms with van der Waals surface area (Å²) >= 11 is 0. The van der Waals surface area contributed by atoms with Crippen molar-refractivity contribution in [1.29, 1.82) is 0 Å². The molecule has 0 heterocycles. The van der Waals surface area contributed by atoms with E-state index in [2.05, 4.69) is 24.3 Å². The van der Waals surface area contributed by atoms with Crippen LogP contribution >= 0.6 is 0 Å². The Balaban J connectivity index is 2.17. The van der Waals surface area contributed by atoms with Gasteiger partial charge in [0, 0.05) is 0 Å². The van der Waals surface area contributed by atoms with E-state index in [1.54, 1.807) is 0 Å². The standard InChI is InChI=1S/C17H14O2/c1-19-17(18)15-8-4-7-13-10-9-12-5-2-3-6-14(12)11-16(13)15/h2-10H,11H2,1H3. The minimum Gasteiger partial charge on any atom is -0.465 e. The van der Waals surface area contributed by atoms with Gasteiger partial charge in [-0.2, -0.15) is 0 Å². The summed E-state index contributed by atoms with van der Waals surface area (Å²) in [6.07, 6.45) is 4.92. The number of fused-ring (bicyclic) bond motifs is 2. The third kappa shape index (κ3) is 2.06. The minimum atomic E-state index is -0.273. The first-order valence-corrected chi connectivity index (χ1v) is 6.26. The lowest BCUT2D eigenvalue weighted by molar-refractivity contribution is 0.0599. The van der Waals surface area contributed by atoms with E-state index in [0.717, 1.165) is 17.5 Å². The maximum absolute atomic E-state index is 11.9. The topological polar surface area (TPSA) is 26.3 Å². The lowest BCUT2D eigenvalue weighted by Crippen LogP contribution is -2.07. The Hall–Kier alpha value is -2.35. The van der Waals surface area contributed by atoms with Gasteiger partial charge in [-0.25, -0.2) is 4.79 Å². The molecule has 0 saturated heterocycles. The van der Waals surface area contributed by atoms with Crippen molar-refractivity contribution in [2.45, 2.75) is 6.42 Å². The van der Waals surface area contributed by atoms with Crippen molar-refractivity contribution < 1.29 is 9.53 Å². The number of hydrogen-bond donors (Lipinski definition) is 0. The number of esters is 1. The molecule has 0 atom stereocenters. The van der Waals surface area contributed by atoms with Crippen molar-refractivity contribution in [2.75, 3.05) is 7.11 Å². The zero-order valence-electron chi connectivity index (χ0n) is 10.7. The van der Waals surface area contributed by atoms with Crippen LogP contribution in [-0.4, -0.2) is 13.1 Å². The molecule has 0 bridgehead atoms.